The second kappa shape index (κ2) is 8.71. The summed E-state index contributed by atoms with van der Waals surface area (Å²) in [5, 5.41) is 0. The molecule has 2 aliphatic rings. The maximum Gasteiger partial charge on any atom is 0.330 e. The average molecular weight is 400 g/mol. The molecule has 146 valence electrons. The van der Waals surface area contributed by atoms with Crippen LogP contribution in [-0.4, -0.2) is 40.5 Å². The van der Waals surface area contributed by atoms with Crippen LogP contribution in [0.5, 0.6) is 5.75 Å². The first-order valence-corrected chi connectivity index (χ1v) is 10.1. The first kappa shape index (κ1) is 19.6. The van der Waals surface area contributed by atoms with Gasteiger partial charge in [0.1, 0.15) is 18.2 Å². The number of carbonyl (C=O) groups is 1. The number of amidine groups is 1. The first-order chi connectivity index (χ1) is 13.5. The first-order valence-electron chi connectivity index (χ1n) is 8.63. The van der Waals surface area contributed by atoms with E-state index in [-0.39, 0.29) is 23.9 Å². The van der Waals surface area contributed by atoms with Crippen LogP contribution in [0.25, 0.3) is 6.08 Å². The average Bonchev–Trinajstić information content (AvgIpc) is 2.86. The smallest absolute Gasteiger partial charge is 0.330 e. The van der Waals surface area contributed by atoms with Gasteiger partial charge >= 0.3 is 5.97 Å². The van der Waals surface area contributed by atoms with Gasteiger partial charge in [-0.15, -0.1) is 0 Å². The number of methoxy groups -OCH3 is 1. The predicted molar refractivity (Wildman–Crippen MR) is 107 cm³/mol. The summed E-state index contributed by atoms with van der Waals surface area (Å²) in [6.45, 7) is 0.188. The maximum absolute atomic E-state index is 12.1. The zero-order valence-electron chi connectivity index (χ0n) is 15.3. The minimum atomic E-state index is -3.58. The van der Waals surface area contributed by atoms with Crippen molar-refractivity contribution in [3.05, 3.63) is 70.7 Å². The molecule has 0 spiro atoms. The summed E-state index contributed by atoms with van der Waals surface area (Å²) < 4.78 is 36.8. The van der Waals surface area contributed by atoms with Crippen molar-refractivity contribution in [1.29, 1.82) is 0 Å². The van der Waals surface area contributed by atoms with E-state index in [9.17, 15) is 13.2 Å². The number of hydrogen-bond acceptors (Lipinski definition) is 6. The molecule has 1 aromatic rings. The molecule has 0 fully saturated rings. The number of benzene rings is 1. The molecule has 1 aliphatic carbocycles. The van der Waals surface area contributed by atoms with Gasteiger partial charge < -0.3 is 9.47 Å². The molecule has 0 amide bonds. The molecule has 0 radical (unpaired) electrons. The Bertz CT molecular complexity index is 1000. The van der Waals surface area contributed by atoms with Gasteiger partial charge in [-0.3, -0.25) is 9.71 Å². The lowest BCUT2D eigenvalue weighted by molar-refractivity contribution is -0.137. The molecule has 1 N–H and O–H groups in total. The molecule has 1 aromatic carbocycles. The summed E-state index contributed by atoms with van der Waals surface area (Å²) in [4.78, 5) is 16.2. The van der Waals surface area contributed by atoms with Crippen LogP contribution in [-0.2, 0) is 19.6 Å². The number of ether oxygens (including phenoxy) is 2. The molecule has 7 nitrogen and oxygen atoms in total. The minimum Gasteiger partial charge on any atom is -0.497 e. The van der Waals surface area contributed by atoms with Crippen molar-refractivity contribution in [1.82, 2.24) is 4.72 Å². The fourth-order valence-corrected chi connectivity index (χ4v) is 3.90. The van der Waals surface area contributed by atoms with E-state index in [0.717, 1.165) is 11.3 Å². The number of esters is 1. The molecule has 0 atom stereocenters. The number of sulfonamides is 1. The molecule has 0 saturated heterocycles. The number of nitrogens with one attached hydrogen (secondary N) is 1. The molecule has 0 unspecified atom stereocenters. The Balaban J connectivity index is 1.53. The number of carbonyl (C=O) groups excluding carboxylic acids is 1. The van der Waals surface area contributed by atoms with E-state index in [4.69, 9.17) is 9.47 Å². The Morgan fingerprint density at radius 2 is 1.96 bits per heavy atom. The second-order valence-electron chi connectivity index (χ2n) is 5.93. The van der Waals surface area contributed by atoms with Gasteiger partial charge in [0.05, 0.1) is 18.6 Å². The van der Waals surface area contributed by atoms with Crippen molar-refractivity contribution < 1.29 is 22.7 Å². The fraction of sp³-hybridized carbons (Fsp3) is 0.200. The third-order valence-electron chi connectivity index (χ3n) is 4.00. The van der Waals surface area contributed by atoms with Crippen LogP contribution in [0.15, 0.2) is 70.1 Å². The van der Waals surface area contributed by atoms with E-state index in [1.165, 1.54) is 6.08 Å². The van der Waals surface area contributed by atoms with Crippen LogP contribution >= 0.6 is 0 Å². The summed E-state index contributed by atoms with van der Waals surface area (Å²) in [6, 6.07) is 7.23. The molecular weight excluding hydrogens is 380 g/mol. The predicted octanol–water partition coefficient (Wildman–Crippen LogP) is 2.35. The SMILES string of the molecule is COc1ccc(/C=C/C(=O)OCCN=C2NS(=O)(=O)C3=C2C=CCC=C3)cc1. The van der Waals surface area contributed by atoms with Gasteiger partial charge in [0.2, 0.25) is 0 Å². The Morgan fingerprint density at radius 1 is 1.21 bits per heavy atom. The minimum absolute atomic E-state index is 0.0409. The van der Waals surface area contributed by atoms with Crippen molar-refractivity contribution in [2.75, 3.05) is 20.3 Å². The van der Waals surface area contributed by atoms with E-state index < -0.39 is 16.0 Å². The summed E-state index contributed by atoms with van der Waals surface area (Å²) >= 11 is 0. The standard InChI is InChI=1S/C20H20N2O5S/c1-26-16-10-7-15(8-11-16)9-12-19(23)27-14-13-21-20-17-5-3-2-4-6-18(17)28(24,25)22-20/h3-12H,2,13-14H2,1H3,(H,21,22)/b12-9+. The largest absolute Gasteiger partial charge is 0.497 e. The van der Waals surface area contributed by atoms with Gasteiger partial charge in [0.25, 0.3) is 10.0 Å². The molecule has 1 heterocycles. The molecule has 0 saturated carbocycles. The van der Waals surface area contributed by atoms with Gasteiger partial charge in [0, 0.05) is 11.6 Å². The lowest BCUT2D eigenvalue weighted by atomic mass is 10.2. The van der Waals surface area contributed by atoms with Crippen LogP contribution in [0.1, 0.15) is 12.0 Å². The molecule has 8 heteroatoms. The highest BCUT2D eigenvalue weighted by Gasteiger charge is 2.31. The third kappa shape index (κ3) is 4.77. The molecule has 1 aliphatic heterocycles. The van der Waals surface area contributed by atoms with Gasteiger partial charge in [-0.1, -0.05) is 30.4 Å². The van der Waals surface area contributed by atoms with Crippen molar-refractivity contribution in [3.63, 3.8) is 0 Å². The number of rotatable bonds is 6. The van der Waals surface area contributed by atoms with Crippen LogP contribution < -0.4 is 9.46 Å². The second-order valence-corrected chi connectivity index (χ2v) is 7.58. The fourth-order valence-electron chi connectivity index (χ4n) is 2.63. The quantitative estimate of drug-likeness (QED) is 0.449. The van der Waals surface area contributed by atoms with Crippen molar-refractivity contribution in [3.8, 4) is 5.75 Å². The summed E-state index contributed by atoms with van der Waals surface area (Å²) in [7, 11) is -2.00. The van der Waals surface area contributed by atoms with Gasteiger partial charge in [-0.2, -0.15) is 0 Å². The Kier molecular flexibility index (Phi) is 6.10. The van der Waals surface area contributed by atoms with Gasteiger partial charge in [0.15, 0.2) is 0 Å². The van der Waals surface area contributed by atoms with Crippen molar-refractivity contribution in [2.24, 2.45) is 4.99 Å². The van der Waals surface area contributed by atoms with Crippen LogP contribution in [0, 0.1) is 0 Å². The van der Waals surface area contributed by atoms with Gasteiger partial charge in [-0.05, 0) is 36.3 Å². The van der Waals surface area contributed by atoms with Crippen LogP contribution in [0.4, 0.5) is 0 Å². The monoisotopic (exact) mass is 400 g/mol. The number of allylic oxidation sites excluding steroid dienone is 3. The highest BCUT2D eigenvalue weighted by atomic mass is 32.2. The molecular formula is C20H20N2O5S. The molecule has 0 aromatic heterocycles. The summed E-state index contributed by atoms with van der Waals surface area (Å²) in [6.07, 6.45) is 10.6. The highest BCUT2D eigenvalue weighted by molar-refractivity contribution is 7.94. The maximum atomic E-state index is 12.1. The van der Waals surface area contributed by atoms with Crippen molar-refractivity contribution in [2.45, 2.75) is 6.42 Å². The Labute approximate surface area is 163 Å². The number of aliphatic imine (C=N–C) groups is 1. The van der Waals surface area contributed by atoms with E-state index >= 15 is 0 Å². The lowest BCUT2D eigenvalue weighted by Crippen LogP contribution is -2.24. The number of nitrogens with zero attached hydrogens (tertiary/aromatic N) is 1. The van der Waals surface area contributed by atoms with E-state index in [1.807, 2.05) is 18.2 Å². The Morgan fingerprint density at radius 3 is 2.71 bits per heavy atom. The number of hydrogen-bond donors (Lipinski definition) is 1. The topological polar surface area (TPSA) is 94.1 Å². The summed E-state index contributed by atoms with van der Waals surface area (Å²) in [5.41, 5.74) is 1.37. The zero-order valence-corrected chi connectivity index (χ0v) is 16.1. The normalized spacial score (nSPS) is 18.8. The van der Waals surface area contributed by atoms with E-state index in [0.29, 0.717) is 12.0 Å². The lowest BCUT2D eigenvalue weighted by Gasteiger charge is -2.02. The third-order valence-corrected chi connectivity index (χ3v) is 5.40. The van der Waals surface area contributed by atoms with E-state index in [1.54, 1.807) is 43.5 Å². The molecule has 0 bridgehead atoms. The van der Waals surface area contributed by atoms with E-state index in [2.05, 4.69) is 9.71 Å². The highest BCUT2D eigenvalue weighted by Crippen LogP contribution is 2.24. The summed E-state index contributed by atoms with van der Waals surface area (Å²) in [5.74, 6) is 0.501. The van der Waals surface area contributed by atoms with Crippen molar-refractivity contribution >= 4 is 27.9 Å². The molecule has 3 rings (SSSR count). The Hall–Kier alpha value is -3.13. The zero-order chi connectivity index (χ0) is 20.0. The van der Waals surface area contributed by atoms with Crippen LogP contribution in [0.2, 0.25) is 0 Å². The molecule has 28 heavy (non-hydrogen) atoms. The van der Waals surface area contributed by atoms with Crippen LogP contribution in [0.3, 0.4) is 0 Å². The van der Waals surface area contributed by atoms with Gasteiger partial charge in [-0.25, -0.2) is 13.2 Å².